The van der Waals surface area contributed by atoms with E-state index in [0.717, 1.165) is 29.1 Å². The maximum absolute atomic E-state index is 13.7. The van der Waals surface area contributed by atoms with Gasteiger partial charge < -0.3 is 5.73 Å². The van der Waals surface area contributed by atoms with Crippen molar-refractivity contribution in [1.29, 1.82) is 5.26 Å². The maximum atomic E-state index is 13.7. The van der Waals surface area contributed by atoms with E-state index in [2.05, 4.69) is 52.6 Å². The van der Waals surface area contributed by atoms with Crippen molar-refractivity contribution >= 4 is 56.4 Å². The molecular formula is C28H30N8O2S3. The summed E-state index contributed by atoms with van der Waals surface area (Å²) in [5.74, 6) is -0.407. The Balaban J connectivity index is 1.45. The van der Waals surface area contributed by atoms with Gasteiger partial charge in [-0.15, -0.1) is 20.4 Å². The SMILES string of the molecule is CCc1ccc(C2C(C#N)=C(N)N(c3nnc(SCC(=O)Nc4nnc(CC)s4)s3)C3=C2C(=O)CC(C)(C)C3)cc1. The van der Waals surface area contributed by atoms with Crippen LogP contribution in [0.2, 0.25) is 0 Å². The Hall–Kier alpha value is -3.60. The first-order valence-electron chi connectivity index (χ1n) is 13.3. The second kappa shape index (κ2) is 11.7. The van der Waals surface area contributed by atoms with Crippen LogP contribution in [0.4, 0.5) is 10.3 Å². The van der Waals surface area contributed by atoms with E-state index >= 15 is 0 Å². The molecule has 3 N–H and O–H groups in total. The second-order valence-electron chi connectivity index (χ2n) is 10.6. The normalized spacial score (nSPS) is 18.4. The number of nitriles is 1. The van der Waals surface area contributed by atoms with E-state index in [0.29, 0.717) is 38.6 Å². The third kappa shape index (κ3) is 5.91. The van der Waals surface area contributed by atoms with E-state index in [1.54, 1.807) is 4.90 Å². The molecule has 2 aliphatic rings. The van der Waals surface area contributed by atoms with E-state index in [9.17, 15) is 14.9 Å². The summed E-state index contributed by atoms with van der Waals surface area (Å²) in [4.78, 5) is 27.9. The largest absolute Gasteiger partial charge is 0.384 e. The predicted molar refractivity (Wildman–Crippen MR) is 161 cm³/mol. The molecular weight excluding hydrogens is 577 g/mol. The molecule has 13 heteroatoms. The molecule has 1 unspecified atom stereocenters. The first-order valence-corrected chi connectivity index (χ1v) is 15.9. The van der Waals surface area contributed by atoms with Crippen molar-refractivity contribution in [3.05, 3.63) is 63.1 Å². The van der Waals surface area contributed by atoms with Gasteiger partial charge in [-0.1, -0.05) is 86.4 Å². The van der Waals surface area contributed by atoms with Gasteiger partial charge in [-0.3, -0.25) is 19.8 Å². The number of carbonyl (C=O) groups excluding carboxylic acids is 2. The number of allylic oxidation sites excluding steroid dienone is 3. The van der Waals surface area contributed by atoms with Crippen LogP contribution in [0.3, 0.4) is 0 Å². The van der Waals surface area contributed by atoms with Crippen LogP contribution < -0.4 is 16.0 Å². The molecule has 212 valence electrons. The summed E-state index contributed by atoms with van der Waals surface area (Å²) in [5.41, 5.74) is 10.1. The molecule has 1 aliphatic carbocycles. The fraction of sp³-hybridized carbons (Fsp3) is 0.393. The molecule has 0 radical (unpaired) electrons. The molecule has 2 aromatic heterocycles. The minimum absolute atomic E-state index is 0.00441. The van der Waals surface area contributed by atoms with Crippen LogP contribution in [0.5, 0.6) is 0 Å². The number of hydrogen-bond acceptors (Lipinski definition) is 12. The molecule has 5 rings (SSSR count). The Kier molecular flexibility index (Phi) is 8.26. The molecule has 1 amide bonds. The zero-order valence-corrected chi connectivity index (χ0v) is 25.7. The van der Waals surface area contributed by atoms with Gasteiger partial charge in [0.1, 0.15) is 10.8 Å². The number of nitrogens with two attached hydrogens (primary N) is 1. The molecule has 3 aromatic rings. The standard InChI is InChI=1S/C28H30N8O2S3/c1-5-15-7-9-16(10-8-15)22-17(13-29)24(30)36(18-11-28(3,4)12-19(37)23(18)22)26-34-35-27(41-26)39-14-20(38)31-25-33-32-21(6-2)40-25/h7-10,22H,5-6,11-12,14,30H2,1-4H3,(H,31,33,38). The Morgan fingerprint density at radius 1 is 1.15 bits per heavy atom. The highest BCUT2D eigenvalue weighted by Crippen LogP contribution is 2.50. The zero-order chi connectivity index (χ0) is 29.3. The van der Waals surface area contributed by atoms with Gasteiger partial charge in [0, 0.05) is 17.7 Å². The quantitative estimate of drug-likeness (QED) is 0.328. The number of benzene rings is 1. The number of carbonyl (C=O) groups is 2. The Labute approximate surface area is 250 Å². The number of ketones is 1. The number of thioether (sulfide) groups is 1. The predicted octanol–water partition coefficient (Wildman–Crippen LogP) is 5.19. The van der Waals surface area contributed by atoms with Crippen molar-refractivity contribution in [2.24, 2.45) is 11.1 Å². The number of hydrogen-bond donors (Lipinski definition) is 2. The molecule has 1 atom stereocenters. The monoisotopic (exact) mass is 606 g/mol. The second-order valence-corrected chi connectivity index (χ2v) is 13.9. The van der Waals surface area contributed by atoms with Gasteiger partial charge in [0.15, 0.2) is 10.1 Å². The van der Waals surface area contributed by atoms with Gasteiger partial charge in [-0.05, 0) is 35.8 Å². The lowest BCUT2D eigenvalue weighted by Gasteiger charge is -2.42. The molecule has 0 saturated heterocycles. The first kappa shape index (κ1) is 28.9. The van der Waals surface area contributed by atoms with Crippen LogP contribution in [0.1, 0.15) is 62.6 Å². The number of anilines is 2. The summed E-state index contributed by atoms with van der Waals surface area (Å²) < 4.78 is 0.564. The van der Waals surface area contributed by atoms with Crippen molar-refractivity contribution in [2.75, 3.05) is 16.0 Å². The Morgan fingerprint density at radius 3 is 2.56 bits per heavy atom. The smallest absolute Gasteiger partial charge is 0.236 e. The van der Waals surface area contributed by atoms with Gasteiger partial charge >= 0.3 is 0 Å². The molecule has 0 spiro atoms. The fourth-order valence-electron chi connectivity index (χ4n) is 5.09. The van der Waals surface area contributed by atoms with Crippen LogP contribution in [0.25, 0.3) is 0 Å². The number of aromatic nitrogens is 4. The number of rotatable bonds is 8. The number of Topliss-reactive ketones (excluding diaryl/α,β-unsaturated/α-hetero) is 1. The Bertz CT molecular complexity index is 1600. The van der Waals surface area contributed by atoms with Gasteiger partial charge in [0.25, 0.3) is 0 Å². The molecule has 41 heavy (non-hydrogen) atoms. The minimum Gasteiger partial charge on any atom is -0.384 e. The molecule has 3 heterocycles. The zero-order valence-electron chi connectivity index (χ0n) is 23.2. The lowest BCUT2D eigenvalue weighted by atomic mass is 9.68. The molecule has 1 aromatic carbocycles. The minimum atomic E-state index is -0.542. The molecule has 10 nitrogen and oxygen atoms in total. The summed E-state index contributed by atoms with van der Waals surface area (Å²) in [6.45, 7) is 8.17. The number of nitrogens with one attached hydrogen (secondary N) is 1. The average molecular weight is 607 g/mol. The van der Waals surface area contributed by atoms with Gasteiger partial charge in [-0.25, -0.2) is 0 Å². The van der Waals surface area contributed by atoms with E-state index in [4.69, 9.17) is 5.73 Å². The van der Waals surface area contributed by atoms with Crippen LogP contribution in [-0.4, -0.2) is 37.8 Å². The first-order chi connectivity index (χ1) is 19.6. The third-order valence-corrected chi connectivity index (χ3v) is 10.1. The number of aryl methyl sites for hydroxylation is 2. The summed E-state index contributed by atoms with van der Waals surface area (Å²) in [7, 11) is 0. The van der Waals surface area contributed by atoms with E-state index in [1.807, 2.05) is 31.2 Å². The van der Waals surface area contributed by atoms with Crippen LogP contribution in [-0.2, 0) is 22.4 Å². The lowest BCUT2D eigenvalue weighted by Crippen LogP contribution is -2.42. The lowest BCUT2D eigenvalue weighted by molar-refractivity contribution is -0.118. The van der Waals surface area contributed by atoms with Gasteiger partial charge in [-0.2, -0.15) is 5.26 Å². The summed E-state index contributed by atoms with van der Waals surface area (Å²) in [6.07, 6.45) is 2.61. The van der Waals surface area contributed by atoms with Crippen molar-refractivity contribution < 1.29 is 9.59 Å². The van der Waals surface area contributed by atoms with E-state index in [1.165, 1.54) is 40.0 Å². The summed E-state index contributed by atoms with van der Waals surface area (Å²) >= 11 is 3.85. The number of amides is 1. The Morgan fingerprint density at radius 2 is 1.90 bits per heavy atom. The highest BCUT2D eigenvalue weighted by molar-refractivity contribution is 8.01. The van der Waals surface area contributed by atoms with Crippen molar-refractivity contribution in [3.8, 4) is 6.07 Å². The highest BCUT2D eigenvalue weighted by atomic mass is 32.2. The van der Waals surface area contributed by atoms with Crippen LogP contribution >= 0.6 is 34.4 Å². The van der Waals surface area contributed by atoms with Crippen LogP contribution in [0.15, 0.2) is 51.3 Å². The van der Waals surface area contributed by atoms with Crippen molar-refractivity contribution in [1.82, 2.24) is 20.4 Å². The average Bonchev–Trinajstić information content (AvgIpc) is 3.60. The molecule has 0 fully saturated rings. The topological polar surface area (TPSA) is 151 Å². The summed E-state index contributed by atoms with van der Waals surface area (Å²) in [6, 6.07) is 10.3. The molecule has 0 saturated carbocycles. The van der Waals surface area contributed by atoms with Crippen molar-refractivity contribution in [3.63, 3.8) is 0 Å². The highest BCUT2D eigenvalue weighted by Gasteiger charge is 2.45. The molecule has 0 bridgehead atoms. The van der Waals surface area contributed by atoms with Gasteiger partial charge in [0.2, 0.25) is 16.2 Å². The van der Waals surface area contributed by atoms with Gasteiger partial charge in [0.05, 0.1) is 23.3 Å². The fourth-order valence-corrected chi connectivity index (χ4v) is 7.46. The maximum Gasteiger partial charge on any atom is 0.236 e. The van der Waals surface area contributed by atoms with Crippen LogP contribution in [0, 0.1) is 16.7 Å². The van der Waals surface area contributed by atoms with E-state index < -0.39 is 5.92 Å². The molecule has 1 aliphatic heterocycles. The third-order valence-electron chi connectivity index (χ3n) is 7.03. The van der Waals surface area contributed by atoms with Crippen molar-refractivity contribution in [2.45, 2.75) is 63.6 Å². The van der Waals surface area contributed by atoms with E-state index in [-0.39, 0.29) is 28.7 Å². The number of nitrogens with zero attached hydrogens (tertiary/aromatic N) is 6. The summed E-state index contributed by atoms with van der Waals surface area (Å²) in [5, 5.41) is 31.5.